The Balaban J connectivity index is 1.06. The third-order valence-corrected chi connectivity index (χ3v) is 13.9. The second-order valence-corrected chi connectivity index (χ2v) is 20.6. The van der Waals surface area contributed by atoms with Gasteiger partial charge in [-0.3, -0.25) is 0 Å². The Morgan fingerprint density at radius 3 is 1.54 bits per heavy atom. The minimum atomic E-state index is -0.0861. The summed E-state index contributed by atoms with van der Waals surface area (Å²) in [6.45, 7) is 20.9. The second-order valence-electron chi connectivity index (χ2n) is 20.6. The van der Waals surface area contributed by atoms with Crippen LogP contribution in [-0.2, 0) is 16.2 Å². The molecule has 0 aromatic heterocycles. The molecule has 9 rings (SSSR count). The molecular weight excluding hydrogens is 735 g/mol. The van der Waals surface area contributed by atoms with Crippen LogP contribution in [0.1, 0.15) is 127 Å². The molecule has 1 heteroatoms. The lowest BCUT2D eigenvalue weighted by atomic mass is 9.78. The van der Waals surface area contributed by atoms with E-state index < -0.39 is 0 Å². The summed E-state index contributed by atoms with van der Waals surface area (Å²) in [6.07, 6.45) is 6.77. The smallest absolute Gasteiger partial charge is 0.0465 e. The van der Waals surface area contributed by atoms with Gasteiger partial charge in [0.05, 0.1) is 0 Å². The molecule has 1 nitrogen and oxygen atoms in total. The second kappa shape index (κ2) is 15.7. The molecule has 0 aliphatic heterocycles. The van der Waals surface area contributed by atoms with Crippen molar-refractivity contribution in [2.75, 3.05) is 4.90 Å². The maximum Gasteiger partial charge on any atom is 0.0465 e. The molecule has 7 aromatic rings. The Morgan fingerprint density at radius 2 is 0.951 bits per heavy atom. The van der Waals surface area contributed by atoms with Gasteiger partial charge in [0.15, 0.2) is 0 Å². The number of nitrogens with zero attached hydrogens (tertiary/aromatic N) is 1. The van der Waals surface area contributed by atoms with E-state index in [-0.39, 0.29) is 16.2 Å². The number of rotatable bonds is 7. The SMILES string of the molecule is Cc1cc(-c2cc(C(C)(C)C)cc(C(C)(C)C)c2)ccc1-c1ccc(N(c2ccc(-c3ccc(C4CCCCC4)cc3)cc2)c2ccc3c(c2)C(C)(C)c2ccccc2-3)cc1. The van der Waals surface area contributed by atoms with Gasteiger partial charge in [0.1, 0.15) is 0 Å². The summed E-state index contributed by atoms with van der Waals surface area (Å²) in [5.41, 5.74) is 22.1. The standard InChI is InChI=1S/C60H63N/c1-40-35-46(47-36-48(58(2,3)4)38-49(37-47)59(5,6)7)27-33-53(40)45-25-30-51(31-26-45)61(52-32-34-55-54-17-13-14-18-56(54)60(8,9)57(55)39-52)50-28-23-44(24-29-50)43-21-19-42(20-22-43)41-15-11-10-12-16-41/h13-14,17-39,41H,10-12,15-16H2,1-9H3. The summed E-state index contributed by atoms with van der Waals surface area (Å²) in [6, 6.07) is 58.0. The molecule has 0 spiro atoms. The van der Waals surface area contributed by atoms with Crippen LogP contribution in [0.25, 0.3) is 44.5 Å². The molecule has 0 bridgehead atoms. The van der Waals surface area contributed by atoms with Crippen LogP contribution >= 0.6 is 0 Å². The molecule has 61 heavy (non-hydrogen) atoms. The number of hydrogen-bond acceptors (Lipinski definition) is 1. The van der Waals surface area contributed by atoms with E-state index in [9.17, 15) is 0 Å². The van der Waals surface area contributed by atoms with Gasteiger partial charge in [-0.25, -0.2) is 0 Å². The molecule has 0 atom stereocenters. The van der Waals surface area contributed by atoms with E-state index in [1.54, 1.807) is 0 Å². The largest absolute Gasteiger partial charge is 0.310 e. The fourth-order valence-corrected chi connectivity index (χ4v) is 10.1. The average Bonchev–Trinajstić information content (AvgIpc) is 3.49. The minimum Gasteiger partial charge on any atom is -0.310 e. The minimum absolute atomic E-state index is 0.0733. The maximum atomic E-state index is 2.43. The lowest BCUT2D eigenvalue weighted by Gasteiger charge is -2.28. The highest BCUT2D eigenvalue weighted by Gasteiger charge is 2.36. The van der Waals surface area contributed by atoms with Crippen LogP contribution in [0.2, 0.25) is 0 Å². The van der Waals surface area contributed by atoms with Crippen molar-refractivity contribution < 1.29 is 0 Å². The van der Waals surface area contributed by atoms with Gasteiger partial charge >= 0.3 is 0 Å². The van der Waals surface area contributed by atoms with Crippen molar-refractivity contribution in [3.05, 3.63) is 185 Å². The van der Waals surface area contributed by atoms with Gasteiger partial charge in [-0.15, -0.1) is 0 Å². The van der Waals surface area contributed by atoms with E-state index >= 15 is 0 Å². The van der Waals surface area contributed by atoms with Gasteiger partial charge in [0.25, 0.3) is 0 Å². The average molecular weight is 798 g/mol. The van der Waals surface area contributed by atoms with Gasteiger partial charge in [-0.1, -0.05) is 190 Å². The third kappa shape index (κ3) is 7.89. The van der Waals surface area contributed by atoms with Crippen LogP contribution in [0.15, 0.2) is 152 Å². The van der Waals surface area contributed by atoms with Crippen molar-refractivity contribution in [3.63, 3.8) is 0 Å². The van der Waals surface area contributed by atoms with Gasteiger partial charge in [0.2, 0.25) is 0 Å². The summed E-state index contributed by atoms with van der Waals surface area (Å²) < 4.78 is 0. The first-order valence-electron chi connectivity index (χ1n) is 22.8. The normalized spacial score (nSPS) is 15.0. The van der Waals surface area contributed by atoms with Crippen molar-refractivity contribution in [1.82, 2.24) is 0 Å². The fourth-order valence-electron chi connectivity index (χ4n) is 10.1. The highest BCUT2D eigenvalue weighted by Crippen LogP contribution is 2.51. The molecule has 2 aliphatic carbocycles. The zero-order chi connectivity index (χ0) is 42.7. The van der Waals surface area contributed by atoms with Crippen molar-refractivity contribution >= 4 is 17.1 Å². The highest BCUT2D eigenvalue weighted by molar-refractivity contribution is 5.86. The van der Waals surface area contributed by atoms with E-state index in [1.807, 2.05) is 0 Å². The van der Waals surface area contributed by atoms with Crippen molar-refractivity contribution in [2.45, 2.75) is 117 Å². The highest BCUT2D eigenvalue weighted by atomic mass is 15.1. The lowest BCUT2D eigenvalue weighted by molar-refractivity contribution is 0.443. The van der Waals surface area contributed by atoms with Crippen molar-refractivity contribution in [3.8, 4) is 44.5 Å². The Hall–Kier alpha value is -5.66. The van der Waals surface area contributed by atoms with Gasteiger partial charge in [-0.2, -0.15) is 0 Å². The lowest BCUT2D eigenvalue weighted by Crippen LogP contribution is -2.16. The van der Waals surface area contributed by atoms with E-state index in [0.717, 1.165) is 17.3 Å². The predicted octanol–water partition coefficient (Wildman–Crippen LogP) is 17.4. The quantitative estimate of drug-likeness (QED) is 0.155. The summed E-state index contributed by atoms with van der Waals surface area (Å²) in [5, 5.41) is 0. The summed E-state index contributed by atoms with van der Waals surface area (Å²) in [4.78, 5) is 2.43. The van der Waals surface area contributed by atoms with Gasteiger partial charge in [0, 0.05) is 22.5 Å². The Labute approximate surface area is 366 Å². The van der Waals surface area contributed by atoms with Crippen LogP contribution < -0.4 is 4.90 Å². The molecule has 0 unspecified atom stereocenters. The molecule has 0 saturated heterocycles. The fraction of sp³-hybridized carbons (Fsp3) is 0.300. The maximum absolute atomic E-state index is 2.43. The Bertz CT molecular complexity index is 2660. The topological polar surface area (TPSA) is 3.24 Å². The van der Waals surface area contributed by atoms with Crippen LogP contribution in [0.5, 0.6) is 0 Å². The molecule has 2 aliphatic rings. The van der Waals surface area contributed by atoms with E-state index in [0.29, 0.717) is 0 Å². The number of anilines is 3. The predicted molar refractivity (Wildman–Crippen MR) is 263 cm³/mol. The Morgan fingerprint density at radius 1 is 0.443 bits per heavy atom. The van der Waals surface area contributed by atoms with Crippen LogP contribution in [0.4, 0.5) is 17.1 Å². The molecule has 0 heterocycles. The van der Waals surface area contributed by atoms with Crippen molar-refractivity contribution in [1.29, 1.82) is 0 Å². The first-order valence-corrected chi connectivity index (χ1v) is 22.8. The summed E-state index contributed by atoms with van der Waals surface area (Å²) >= 11 is 0. The van der Waals surface area contributed by atoms with Crippen LogP contribution in [0, 0.1) is 6.92 Å². The molecule has 0 radical (unpaired) electrons. The zero-order valence-electron chi connectivity index (χ0n) is 38.0. The number of aryl methyl sites for hydroxylation is 1. The monoisotopic (exact) mass is 797 g/mol. The summed E-state index contributed by atoms with van der Waals surface area (Å²) in [7, 11) is 0. The molecule has 1 saturated carbocycles. The van der Waals surface area contributed by atoms with Gasteiger partial charge in [-0.05, 0) is 151 Å². The number of hydrogen-bond donors (Lipinski definition) is 0. The first kappa shape index (κ1) is 40.7. The number of benzene rings is 7. The molecule has 1 fully saturated rings. The van der Waals surface area contributed by atoms with Gasteiger partial charge < -0.3 is 4.90 Å². The van der Waals surface area contributed by atoms with Crippen LogP contribution in [-0.4, -0.2) is 0 Å². The molecular formula is C60H63N. The van der Waals surface area contributed by atoms with Crippen LogP contribution in [0.3, 0.4) is 0 Å². The summed E-state index contributed by atoms with van der Waals surface area (Å²) in [5.74, 6) is 0.719. The molecule has 0 N–H and O–H groups in total. The molecule has 308 valence electrons. The number of fused-ring (bicyclic) bond motifs is 3. The third-order valence-electron chi connectivity index (χ3n) is 13.9. The van der Waals surface area contributed by atoms with Crippen molar-refractivity contribution in [2.24, 2.45) is 0 Å². The molecule has 0 amide bonds. The molecule has 7 aromatic carbocycles. The first-order chi connectivity index (χ1) is 29.1. The zero-order valence-corrected chi connectivity index (χ0v) is 38.0. The van der Waals surface area contributed by atoms with E-state index in [1.165, 1.54) is 116 Å². The Kier molecular flexibility index (Phi) is 10.5. The van der Waals surface area contributed by atoms with E-state index in [2.05, 4.69) is 219 Å². The van der Waals surface area contributed by atoms with E-state index in [4.69, 9.17) is 0 Å².